The topological polar surface area (TPSA) is 79.2 Å². The summed E-state index contributed by atoms with van der Waals surface area (Å²) in [4.78, 5) is 23.4. The van der Waals surface area contributed by atoms with Crippen LogP contribution < -0.4 is 10.1 Å². The number of rotatable bonds is 3. The highest BCUT2D eigenvalue weighted by Crippen LogP contribution is 2.29. The first-order valence-electron chi connectivity index (χ1n) is 6.03. The van der Waals surface area contributed by atoms with Crippen LogP contribution in [0.2, 0.25) is 0 Å². The van der Waals surface area contributed by atoms with Gasteiger partial charge >= 0.3 is 0 Å². The van der Waals surface area contributed by atoms with Crippen molar-refractivity contribution in [1.29, 1.82) is 5.26 Å². The molecule has 1 unspecified atom stereocenters. The molecular formula is C14H14N2O3. The molecule has 98 valence electrons. The molecule has 5 heteroatoms. The zero-order chi connectivity index (χ0) is 14.0. The summed E-state index contributed by atoms with van der Waals surface area (Å²) in [6, 6.07) is 6.83. The lowest BCUT2D eigenvalue weighted by atomic mass is 9.89. The number of benzene rings is 1. The van der Waals surface area contributed by atoms with Crippen LogP contribution in [0, 0.1) is 23.2 Å². The molecule has 5 nitrogen and oxygen atoms in total. The van der Waals surface area contributed by atoms with Gasteiger partial charge in [-0.15, -0.1) is 0 Å². The van der Waals surface area contributed by atoms with E-state index in [1.54, 1.807) is 18.2 Å². The van der Waals surface area contributed by atoms with E-state index in [9.17, 15) is 9.59 Å². The van der Waals surface area contributed by atoms with Gasteiger partial charge in [0.1, 0.15) is 11.7 Å². The van der Waals surface area contributed by atoms with Gasteiger partial charge in [-0.2, -0.15) is 5.26 Å². The number of hydrogen-bond donors (Lipinski definition) is 1. The Morgan fingerprint density at radius 1 is 1.47 bits per heavy atom. The van der Waals surface area contributed by atoms with Crippen LogP contribution in [0.25, 0.3) is 0 Å². The molecule has 1 amide bonds. The highest BCUT2D eigenvalue weighted by molar-refractivity contribution is 6.02. The second-order valence-electron chi connectivity index (χ2n) is 4.76. The molecule has 1 N–H and O–H groups in total. The molecule has 1 aromatic rings. The van der Waals surface area contributed by atoms with Crippen LogP contribution in [0.15, 0.2) is 18.2 Å². The number of Topliss-reactive ketones (excluding diaryl/α,β-unsaturated/α-hetero) is 1. The van der Waals surface area contributed by atoms with Crippen LogP contribution >= 0.6 is 0 Å². The van der Waals surface area contributed by atoms with E-state index in [1.165, 1.54) is 0 Å². The Morgan fingerprint density at radius 2 is 2.21 bits per heavy atom. The first-order valence-corrected chi connectivity index (χ1v) is 6.03. The van der Waals surface area contributed by atoms with Crippen molar-refractivity contribution in [2.45, 2.75) is 13.8 Å². The molecule has 0 saturated heterocycles. The molecule has 0 aromatic heterocycles. The molecule has 0 bridgehead atoms. The second-order valence-corrected chi connectivity index (χ2v) is 4.76. The normalized spacial score (nSPS) is 14.9. The van der Waals surface area contributed by atoms with E-state index in [0.29, 0.717) is 17.0 Å². The van der Waals surface area contributed by atoms with Crippen LogP contribution in [0.4, 0.5) is 5.69 Å². The Labute approximate surface area is 111 Å². The first kappa shape index (κ1) is 13.1. The van der Waals surface area contributed by atoms with Gasteiger partial charge < -0.3 is 10.1 Å². The lowest BCUT2D eigenvalue weighted by Gasteiger charge is -2.19. The zero-order valence-corrected chi connectivity index (χ0v) is 10.8. The number of anilines is 1. The summed E-state index contributed by atoms with van der Waals surface area (Å²) in [5, 5.41) is 11.7. The fourth-order valence-electron chi connectivity index (χ4n) is 1.93. The maximum Gasteiger partial charge on any atom is 0.262 e. The van der Waals surface area contributed by atoms with Crippen LogP contribution in [0.3, 0.4) is 0 Å². The number of fused-ring (bicyclic) bond motifs is 1. The summed E-state index contributed by atoms with van der Waals surface area (Å²) < 4.78 is 5.22. The van der Waals surface area contributed by atoms with E-state index in [-0.39, 0.29) is 24.2 Å². The van der Waals surface area contributed by atoms with Gasteiger partial charge in [-0.3, -0.25) is 9.59 Å². The number of ether oxygens (including phenoxy) is 1. The minimum Gasteiger partial charge on any atom is -0.482 e. The molecule has 0 saturated carbocycles. The van der Waals surface area contributed by atoms with Gasteiger partial charge in [-0.1, -0.05) is 13.8 Å². The van der Waals surface area contributed by atoms with Crippen molar-refractivity contribution in [3.8, 4) is 11.8 Å². The average molecular weight is 258 g/mol. The van der Waals surface area contributed by atoms with Crippen LogP contribution in [-0.2, 0) is 4.79 Å². The minimum absolute atomic E-state index is 0.0207. The van der Waals surface area contributed by atoms with E-state index in [2.05, 4.69) is 5.32 Å². The number of nitrogens with zero attached hydrogens (tertiary/aromatic N) is 1. The van der Waals surface area contributed by atoms with Gasteiger partial charge in [0.2, 0.25) is 0 Å². The summed E-state index contributed by atoms with van der Waals surface area (Å²) in [7, 11) is 0. The Balaban J connectivity index is 2.32. The second kappa shape index (κ2) is 5.11. The molecule has 1 atom stereocenters. The molecule has 1 aliphatic rings. The van der Waals surface area contributed by atoms with E-state index in [0.717, 1.165) is 0 Å². The van der Waals surface area contributed by atoms with Crippen molar-refractivity contribution in [3.05, 3.63) is 23.8 Å². The highest BCUT2D eigenvalue weighted by atomic mass is 16.5. The van der Waals surface area contributed by atoms with Crippen LogP contribution in [0.1, 0.15) is 24.2 Å². The lowest BCUT2D eigenvalue weighted by molar-refractivity contribution is -0.118. The van der Waals surface area contributed by atoms with E-state index >= 15 is 0 Å². The molecule has 1 heterocycles. The van der Waals surface area contributed by atoms with Crippen molar-refractivity contribution < 1.29 is 14.3 Å². The highest BCUT2D eigenvalue weighted by Gasteiger charge is 2.25. The average Bonchev–Trinajstić information content (AvgIpc) is 2.38. The summed E-state index contributed by atoms with van der Waals surface area (Å²) in [6.07, 6.45) is 0. The molecular weight excluding hydrogens is 244 g/mol. The van der Waals surface area contributed by atoms with Crippen LogP contribution in [0.5, 0.6) is 5.75 Å². The Kier molecular flexibility index (Phi) is 3.52. The van der Waals surface area contributed by atoms with Crippen molar-refractivity contribution in [2.75, 3.05) is 11.9 Å². The maximum absolute atomic E-state index is 12.2. The number of ketones is 1. The van der Waals surface area contributed by atoms with Gasteiger partial charge in [0.25, 0.3) is 5.91 Å². The lowest BCUT2D eigenvalue weighted by Crippen LogP contribution is -2.26. The fourth-order valence-corrected chi connectivity index (χ4v) is 1.93. The largest absolute Gasteiger partial charge is 0.482 e. The molecule has 1 aromatic carbocycles. The summed E-state index contributed by atoms with van der Waals surface area (Å²) in [5.74, 6) is -0.690. The molecule has 0 spiro atoms. The SMILES string of the molecule is CC(C)C(C#N)C(=O)c1ccc2c(c1)NC(=O)CO2. The standard InChI is InChI=1S/C14H14N2O3/c1-8(2)10(6-15)14(18)9-3-4-12-11(5-9)16-13(17)7-19-12/h3-5,8,10H,7H2,1-2H3,(H,16,17). The molecule has 0 aliphatic carbocycles. The fraction of sp³-hybridized carbons (Fsp3) is 0.357. The predicted octanol–water partition coefficient (Wildman–Crippen LogP) is 2.00. The Hall–Kier alpha value is -2.35. The third kappa shape index (κ3) is 2.58. The summed E-state index contributed by atoms with van der Waals surface area (Å²) in [5.41, 5.74) is 0.882. The monoisotopic (exact) mass is 258 g/mol. The van der Waals surface area contributed by atoms with Gasteiger partial charge in [0, 0.05) is 5.56 Å². The molecule has 0 radical (unpaired) electrons. The number of carbonyl (C=O) groups is 2. The molecule has 19 heavy (non-hydrogen) atoms. The van der Waals surface area contributed by atoms with Crippen molar-refractivity contribution >= 4 is 17.4 Å². The third-order valence-corrected chi connectivity index (χ3v) is 2.99. The summed E-state index contributed by atoms with van der Waals surface area (Å²) >= 11 is 0. The molecule has 0 fully saturated rings. The summed E-state index contributed by atoms with van der Waals surface area (Å²) in [6.45, 7) is 3.64. The molecule has 1 aliphatic heterocycles. The van der Waals surface area contributed by atoms with E-state index < -0.39 is 5.92 Å². The minimum atomic E-state index is -0.682. The van der Waals surface area contributed by atoms with Gasteiger partial charge in [0.15, 0.2) is 12.4 Å². The van der Waals surface area contributed by atoms with Crippen molar-refractivity contribution in [2.24, 2.45) is 11.8 Å². The van der Waals surface area contributed by atoms with Crippen molar-refractivity contribution in [3.63, 3.8) is 0 Å². The molecule has 2 rings (SSSR count). The Morgan fingerprint density at radius 3 is 2.84 bits per heavy atom. The van der Waals surface area contributed by atoms with Crippen LogP contribution in [-0.4, -0.2) is 18.3 Å². The quantitative estimate of drug-likeness (QED) is 0.841. The van der Waals surface area contributed by atoms with Gasteiger partial charge in [-0.25, -0.2) is 0 Å². The predicted molar refractivity (Wildman–Crippen MR) is 68.8 cm³/mol. The Bertz CT molecular complexity index is 573. The smallest absolute Gasteiger partial charge is 0.262 e. The zero-order valence-electron chi connectivity index (χ0n) is 10.8. The van der Waals surface area contributed by atoms with Crippen molar-refractivity contribution in [1.82, 2.24) is 0 Å². The number of carbonyl (C=O) groups excluding carboxylic acids is 2. The van der Waals surface area contributed by atoms with E-state index in [4.69, 9.17) is 10.00 Å². The number of hydrogen-bond acceptors (Lipinski definition) is 4. The van der Waals surface area contributed by atoms with Gasteiger partial charge in [-0.05, 0) is 24.1 Å². The van der Waals surface area contributed by atoms with E-state index in [1.807, 2.05) is 19.9 Å². The first-order chi connectivity index (χ1) is 9.02. The number of nitrogens with one attached hydrogen (secondary N) is 1. The van der Waals surface area contributed by atoms with Gasteiger partial charge in [0.05, 0.1) is 11.8 Å². The number of amides is 1. The maximum atomic E-state index is 12.2. The third-order valence-electron chi connectivity index (χ3n) is 2.99. The number of nitriles is 1.